The first-order valence-corrected chi connectivity index (χ1v) is 6.71. The van der Waals surface area contributed by atoms with E-state index in [0.717, 1.165) is 25.6 Å². The van der Waals surface area contributed by atoms with Gasteiger partial charge < -0.3 is 15.4 Å². The van der Waals surface area contributed by atoms with E-state index in [0.29, 0.717) is 12.0 Å². The monoisotopic (exact) mass is 369 g/mol. The molecule has 4 nitrogen and oxygen atoms in total. The lowest BCUT2D eigenvalue weighted by atomic mass is 9.89. The van der Waals surface area contributed by atoms with Gasteiger partial charge in [0.1, 0.15) is 0 Å². The summed E-state index contributed by atoms with van der Waals surface area (Å²) in [6.45, 7) is 7.78. The number of hydrogen-bond donors (Lipinski definition) is 2. The minimum atomic E-state index is 0. The van der Waals surface area contributed by atoms with Gasteiger partial charge in [-0.2, -0.15) is 0 Å². The summed E-state index contributed by atoms with van der Waals surface area (Å²) in [5.74, 6) is 0.915. The summed E-state index contributed by atoms with van der Waals surface area (Å²) in [5.41, 5.74) is 0.420. The van der Waals surface area contributed by atoms with Crippen molar-refractivity contribution in [1.29, 1.82) is 0 Å². The highest BCUT2D eigenvalue weighted by Crippen LogP contribution is 2.37. The Hall–Kier alpha value is -0.0400. The van der Waals surface area contributed by atoms with E-state index < -0.39 is 0 Å². The summed E-state index contributed by atoms with van der Waals surface area (Å²) in [6.07, 6.45) is 5.35. The Labute approximate surface area is 128 Å². The third kappa shape index (κ3) is 6.78. The van der Waals surface area contributed by atoms with Crippen molar-refractivity contribution in [3.05, 3.63) is 0 Å². The van der Waals surface area contributed by atoms with Crippen molar-refractivity contribution in [3.63, 3.8) is 0 Å². The molecule has 0 saturated heterocycles. The molecule has 1 saturated carbocycles. The van der Waals surface area contributed by atoms with E-state index in [-0.39, 0.29) is 24.0 Å². The second-order valence-electron chi connectivity index (χ2n) is 5.13. The van der Waals surface area contributed by atoms with Gasteiger partial charge in [0.05, 0.1) is 6.61 Å². The molecular formula is C13H28IN3O. The number of guanidine groups is 1. The topological polar surface area (TPSA) is 45.7 Å². The number of rotatable bonds is 6. The third-order valence-corrected chi connectivity index (χ3v) is 3.37. The van der Waals surface area contributed by atoms with Gasteiger partial charge in [-0.1, -0.05) is 19.8 Å². The second-order valence-corrected chi connectivity index (χ2v) is 5.13. The highest BCUT2D eigenvalue weighted by atomic mass is 127. The fourth-order valence-corrected chi connectivity index (χ4v) is 2.27. The molecule has 0 spiro atoms. The van der Waals surface area contributed by atoms with Crippen molar-refractivity contribution in [1.82, 2.24) is 10.6 Å². The van der Waals surface area contributed by atoms with E-state index in [4.69, 9.17) is 4.74 Å². The van der Waals surface area contributed by atoms with Gasteiger partial charge in [0.2, 0.25) is 0 Å². The first-order chi connectivity index (χ1) is 8.20. The molecule has 0 aromatic rings. The molecule has 0 aliphatic heterocycles. The molecule has 0 bridgehead atoms. The highest BCUT2D eigenvalue weighted by Gasteiger charge is 2.28. The molecule has 2 N–H and O–H groups in total. The van der Waals surface area contributed by atoms with E-state index in [1.54, 1.807) is 7.11 Å². The van der Waals surface area contributed by atoms with Crippen LogP contribution < -0.4 is 10.6 Å². The summed E-state index contributed by atoms with van der Waals surface area (Å²) in [5, 5.41) is 6.54. The van der Waals surface area contributed by atoms with Gasteiger partial charge in [0.15, 0.2) is 5.96 Å². The van der Waals surface area contributed by atoms with Gasteiger partial charge in [-0.15, -0.1) is 24.0 Å². The Bertz CT molecular complexity index is 240. The number of nitrogens with zero attached hydrogens (tertiary/aromatic N) is 1. The van der Waals surface area contributed by atoms with E-state index in [1.807, 2.05) is 0 Å². The van der Waals surface area contributed by atoms with Gasteiger partial charge in [-0.05, 0) is 25.2 Å². The van der Waals surface area contributed by atoms with Crippen LogP contribution in [0.5, 0.6) is 0 Å². The van der Waals surface area contributed by atoms with Gasteiger partial charge >= 0.3 is 0 Å². The Morgan fingerprint density at radius 1 is 1.28 bits per heavy atom. The predicted molar refractivity (Wildman–Crippen MR) is 87.8 cm³/mol. The van der Waals surface area contributed by atoms with Crippen molar-refractivity contribution in [2.45, 2.75) is 39.5 Å². The predicted octanol–water partition coefficient (Wildman–Crippen LogP) is 2.39. The average Bonchev–Trinajstić information content (AvgIpc) is 2.74. The smallest absolute Gasteiger partial charge is 0.191 e. The molecule has 5 heteroatoms. The SMILES string of the molecule is CCNC(=NCC1(C)CCCC1)NCCOC.I. The number of methoxy groups -OCH3 is 1. The van der Waals surface area contributed by atoms with Gasteiger partial charge in [0.25, 0.3) is 0 Å². The Morgan fingerprint density at radius 2 is 1.94 bits per heavy atom. The quantitative estimate of drug-likeness (QED) is 0.327. The van der Waals surface area contributed by atoms with E-state index in [9.17, 15) is 0 Å². The molecule has 1 aliphatic carbocycles. The zero-order valence-electron chi connectivity index (χ0n) is 11.9. The van der Waals surface area contributed by atoms with Crippen LogP contribution in [0.25, 0.3) is 0 Å². The first kappa shape index (κ1) is 18.0. The largest absolute Gasteiger partial charge is 0.383 e. The van der Waals surface area contributed by atoms with Crippen LogP contribution in [-0.4, -0.2) is 39.3 Å². The fraction of sp³-hybridized carbons (Fsp3) is 0.923. The lowest BCUT2D eigenvalue weighted by Gasteiger charge is -2.21. The molecule has 0 amide bonds. The number of hydrogen-bond acceptors (Lipinski definition) is 2. The molecular weight excluding hydrogens is 341 g/mol. The van der Waals surface area contributed by atoms with Gasteiger partial charge in [-0.3, -0.25) is 4.99 Å². The summed E-state index contributed by atoms with van der Waals surface area (Å²) in [4.78, 5) is 4.68. The number of ether oxygens (including phenoxy) is 1. The van der Waals surface area contributed by atoms with E-state index in [1.165, 1.54) is 25.7 Å². The Kier molecular flexibility index (Phi) is 9.81. The van der Waals surface area contributed by atoms with Crippen LogP contribution in [0.15, 0.2) is 4.99 Å². The zero-order valence-corrected chi connectivity index (χ0v) is 14.3. The number of halogens is 1. The molecule has 0 atom stereocenters. The molecule has 1 fully saturated rings. The maximum atomic E-state index is 5.02. The van der Waals surface area contributed by atoms with E-state index in [2.05, 4.69) is 29.5 Å². The highest BCUT2D eigenvalue weighted by molar-refractivity contribution is 14.0. The summed E-state index contributed by atoms with van der Waals surface area (Å²) in [6, 6.07) is 0. The summed E-state index contributed by atoms with van der Waals surface area (Å²) >= 11 is 0. The van der Waals surface area contributed by atoms with Crippen LogP contribution in [0.3, 0.4) is 0 Å². The maximum Gasteiger partial charge on any atom is 0.191 e. The Balaban J connectivity index is 0.00000289. The summed E-state index contributed by atoms with van der Waals surface area (Å²) < 4.78 is 5.02. The number of aliphatic imine (C=N–C) groups is 1. The van der Waals surface area contributed by atoms with Crippen LogP contribution in [-0.2, 0) is 4.74 Å². The molecule has 0 unspecified atom stereocenters. The van der Waals surface area contributed by atoms with Crippen molar-refractivity contribution in [2.75, 3.05) is 33.4 Å². The van der Waals surface area contributed by atoms with Crippen LogP contribution in [0.1, 0.15) is 39.5 Å². The first-order valence-electron chi connectivity index (χ1n) is 6.71. The molecule has 0 aromatic heterocycles. The van der Waals surface area contributed by atoms with Crippen LogP contribution in [0.4, 0.5) is 0 Å². The van der Waals surface area contributed by atoms with Crippen molar-refractivity contribution < 1.29 is 4.74 Å². The fourth-order valence-electron chi connectivity index (χ4n) is 2.27. The molecule has 18 heavy (non-hydrogen) atoms. The molecule has 108 valence electrons. The molecule has 0 radical (unpaired) electrons. The Morgan fingerprint density at radius 3 is 2.50 bits per heavy atom. The molecule has 0 heterocycles. The zero-order chi connectivity index (χ0) is 12.6. The van der Waals surface area contributed by atoms with Crippen LogP contribution in [0.2, 0.25) is 0 Å². The van der Waals surface area contributed by atoms with Crippen LogP contribution in [0, 0.1) is 5.41 Å². The van der Waals surface area contributed by atoms with Crippen molar-refractivity contribution in [3.8, 4) is 0 Å². The minimum absolute atomic E-state index is 0. The lowest BCUT2D eigenvalue weighted by molar-refractivity contribution is 0.203. The maximum absolute atomic E-state index is 5.02. The normalized spacial score (nSPS) is 18.3. The van der Waals surface area contributed by atoms with Crippen molar-refractivity contribution >= 4 is 29.9 Å². The third-order valence-electron chi connectivity index (χ3n) is 3.37. The number of nitrogens with one attached hydrogen (secondary N) is 2. The van der Waals surface area contributed by atoms with Gasteiger partial charge in [-0.25, -0.2) is 0 Å². The summed E-state index contributed by atoms with van der Waals surface area (Å²) in [7, 11) is 1.71. The standard InChI is InChI=1S/C13H27N3O.HI/c1-4-14-12(15-9-10-17-3)16-11-13(2)7-5-6-8-13;/h4-11H2,1-3H3,(H2,14,15,16);1H. The molecule has 1 aliphatic rings. The van der Waals surface area contributed by atoms with Crippen LogP contribution >= 0.6 is 24.0 Å². The lowest BCUT2D eigenvalue weighted by Crippen LogP contribution is -2.39. The second kappa shape index (κ2) is 9.83. The minimum Gasteiger partial charge on any atom is -0.383 e. The molecule has 1 rings (SSSR count). The average molecular weight is 369 g/mol. The van der Waals surface area contributed by atoms with Gasteiger partial charge in [0, 0.05) is 26.7 Å². The van der Waals surface area contributed by atoms with E-state index >= 15 is 0 Å². The molecule has 0 aromatic carbocycles. The van der Waals surface area contributed by atoms with Crippen molar-refractivity contribution in [2.24, 2.45) is 10.4 Å².